The molecule has 3 heterocycles. The molecule has 10 aromatic rings. The minimum absolute atomic E-state index is 0.582. The molecular weight excluding hydrogens is 601 g/mol. The Balaban J connectivity index is 1.29. The van der Waals surface area contributed by atoms with Crippen LogP contribution in [-0.4, -0.2) is 19.9 Å². The fraction of sp³-hybridized carbons (Fsp3) is 0. The number of hydrogen-bond donors (Lipinski definition) is 0. The third kappa shape index (κ3) is 4.40. The molecule has 0 fully saturated rings. The molecule has 0 amide bonds. The molecule has 0 saturated carbocycles. The summed E-state index contributed by atoms with van der Waals surface area (Å²) in [5, 5.41) is 9.14. The summed E-state index contributed by atoms with van der Waals surface area (Å²) >= 11 is 0. The van der Waals surface area contributed by atoms with Crippen molar-refractivity contribution < 1.29 is 4.42 Å². The molecule has 0 aliphatic carbocycles. The first kappa shape index (κ1) is 27.4. The summed E-state index contributed by atoms with van der Waals surface area (Å²) in [4.78, 5) is 19.5. The van der Waals surface area contributed by atoms with Gasteiger partial charge in [-0.3, -0.25) is 4.98 Å². The molecule has 0 radical (unpaired) electrons. The number of furan rings is 1. The number of nitrogens with zero attached hydrogens (tertiary/aromatic N) is 4. The lowest BCUT2D eigenvalue weighted by atomic mass is 9.89. The van der Waals surface area contributed by atoms with Crippen molar-refractivity contribution in [2.24, 2.45) is 0 Å². The van der Waals surface area contributed by atoms with E-state index in [-0.39, 0.29) is 0 Å². The highest BCUT2D eigenvalue weighted by Gasteiger charge is 2.22. The van der Waals surface area contributed by atoms with Crippen LogP contribution in [-0.2, 0) is 0 Å². The predicted molar refractivity (Wildman–Crippen MR) is 199 cm³/mol. The van der Waals surface area contributed by atoms with Crippen LogP contribution in [0.25, 0.3) is 99.5 Å². The smallest absolute Gasteiger partial charge is 0.164 e. The van der Waals surface area contributed by atoms with Crippen molar-refractivity contribution in [3.63, 3.8) is 0 Å². The van der Waals surface area contributed by atoms with Crippen molar-refractivity contribution in [1.29, 1.82) is 0 Å². The molecule has 0 N–H and O–H groups in total. The lowest BCUT2D eigenvalue weighted by molar-refractivity contribution is 0.668. The fourth-order valence-corrected chi connectivity index (χ4v) is 7.15. The summed E-state index contributed by atoms with van der Waals surface area (Å²) < 4.78 is 6.74. The maximum Gasteiger partial charge on any atom is 0.164 e. The average Bonchev–Trinajstić information content (AvgIpc) is 3.57. The summed E-state index contributed by atoms with van der Waals surface area (Å²) in [5.74, 6) is 1.81. The summed E-state index contributed by atoms with van der Waals surface area (Å²) in [6.07, 6.45) is 3.59. The van der Waals surface area contributed by atoms with Gasteiger partial charge in [-0.15, -0.1) is 0 Å². The topological polar surface area (TPSA) is 64.7 Å². The van der Waals surface area contributed by atoms with E-state index in [4.69, 9.17) is 19.4 Å². The van der Waals surface area contributed by atoms with E-state index in [1.165, 1.54) is 26.9 Å². The van der Waals surface area contributed by atoms with Crippen LogP contribution in [0.5, 0.6) is 0 Å². The molecule has 10 rings (SSSR count). The largest absolute Gasteiger partial charge is 0.454 e. The van der Waals surface area contributed by atoms with E-state index in [9.17, 15) is 0 Å². The summed E-state index contributed by atoms with van der Waals surface area (Å²) in [5.41, 5.74) is 6.31. The van der Waals surface area contributed by atoms with Crippen molar-refractivity contribution in [3.8, 4) is 45.3 Å². The number of fused-ring (bicyclic) bond motifs is 8. The van der Waals surface area contributed by atoms with Gasteiger partial charge in [0.1, 0.15) is 5.58 Å². The Morgan fingerprint density at radius 1 is 0.408 bits per heavy atom. The molecule has 5 nitrogen and oxygen atoms in total. The molecule has 49 heavy (non-hydrogen) atoms. The minimum atomic E-state index is 0.582. The number of pyridine rings is 1. The van der Waals surface area contributed by atoms with E-state index >= 15 is 0 Å². The molecule has 7 aromatic carbocycles. The molecule has 0 atom stereocenters. The van der Waals surface area contributed by atoms with Gasteiger partial charge in [-0.1, -0.05) is 121 Å². The molecule has 228 valence electrons. The van der Waals surface area contributed by atoms with Gasteiger partial charge in [-0.05, 0) is 62.1 Å². The normalized spacial score (nSPS) is 11.7. The Morgan fingerprint density at radius 3 is 1.78 bits per heavy atom. The monoisotopic (exact) mass is 626 g/mol. The van der Waals surface area contributed by atoms with Crippen molar-refractivity contribution in [2.75, 3.05) is 0 Å². The summed E-state index contributed by atoms with van der Waals surface area (Å²) in [6, 6.07) is 50.4. The Labute approximate surface area is 281 Å². The minimum Gasteiger partial charge on any atom is -0.454 e. The van der Waals surface area contributed by atoms with Crippen LogP contribution in [0.4, 0.5) is 0 Å². The number of hydrogen-bond acceptors (Lipinski definition) is 5. The van der Waals surface area contributed by atoms with Gasteiger partial charge in [0.2, 0.25) is 0 Å². The summed E-state index contributed by atoms with van der Waals surface area (Å²) in [7, 11) is 0. The highest BCUT2D eigenvalue weighted by Crippen LogP contribution is 2.45. The lowest BCUT2D eigenvalue weighted by Gasteiger charge is -2.14. The van der Waals surface area contributed by atoms with E-state index in [1.54, 1.807) is 6.20 Å². The van der Waals surface area contributed by atoms with Gasteiger partial charge in [0.05, 0.1) is 6.20 Å². The van der Waals surface area contributed by atoms with Crippen LogP contribution in [0.3, 0.4) is 0 Å². The Morgan fingerprint density at radius 2 is 1.02 bits per heavy atom. The fourth-order valence-electron chi connectivity index (χ4n) is 7.15. The van der Waals surface area contributed by atoms with E-state index in [1.807, 2.05) is 72.9 Å². The molecule has 5 heteroatoms. The molecule has 0 aliphatic heterocycles. The van der Waals surface area contributed by atoms with Gasteiger partial charge in [0, 0.05) is 39.2 Å². The van der Waals surface area contributed by atoms with Crippen LogP contribution in [0, 0.1) is 0 Å². The first-order chi connectivity index (χ1) is 24.3. The van der Waals surface area contributed by atoms with Gasteiger partial charge in [0.25, 0.3) is 0 Å². The molecule has 0 aliphatic rings. The standard InChI is InChI=1S/C44H26N4O/c1-3-12-28(13-4-1)42-46-43(29-14-5-2-6-15-29)48-44(47-42)36-22-21-34(41-40(36)35-23-24-45-26-39(35)49-41)38-25-37-30-16-8-7-11-27(30)19-20-33(37)31-17-9-10-18-32(31)38/h1-26H. The average molecular weight is 627 g/mol. The van der Waals surface area contributed by atoms with Crippen molar-refractivity contribution >= 4 is 54.3 Å². The van der Waals surface area contributed by atoms with Gasteiger partial charge < -0.3 is 4.42 Å². The van der Waals surface area contributed by atoms with Crippen LogP contribution in [0.1, 0.15) is 0 Å². The van der Waals surface area contributed by atoms with Crippen LogP contribution < -0.4 is 0 Å². The zero-order chi connectivity index (χ0) is 32.3. The zero-order valence-electron chi connectivity index (χ0n) is 26.2. The number of benzene rings is 7. The van der Waals surface area contributed by atoms with E-state index < -0.39 is 0 Å². The van der Waals surface area contributed by atoms with Gasteiger partial charge in [-0.2, -0.15) is 0 Å². The Kier molecular flexibility index (Phi) is 6.11. The van der Waals surface area contributed by atoms with E-state index in [0.29, 0.717) is 23.1 Å². The first-order valence-corrected chi connectivity index (χ1v) is 16.3. The number of rotatable bonds is 4. The molecule has 0 unspecified atom stereocenters. The van der Waals surface area contributed by atoms with Crippen LogP contribution in [0.2, 0.25) is 0 Å². The second kappa shape index (κ2) is 10.9. The quantitative estimate of drug-likeness (QED) is 0.182. The second-order valence-corrected chi connectivity index (χ2v) is 12.2. The Bertz CT molecular complexity index is 2820. The van der Waals surface area contributed by atoms with Gasteiger partial charge in [-0.25, -0.2) is 15.0 Å². The summed E-state index contributed by atoms with van der Waals surface area (Å²) in [6.45, 7) is 0. The molecule has 0 saturated heterocycles. The zero-order valence-corrected chi connectivity index (χ0v) is 26.2. The first-order valence-electron chi connectivity index (χ1n) is 16.3. The third-order valence-electron chi connectivity index (χ3n) is 9.42. The molecule has 0 spiro atoms. The SMILES string of the molecule is c1ccc(-c2nc(-c3ccccc3)nc(-c3ccc(-c4cc5c6ccccc6ccc5c5ccccc45)c4oc5cnccc5c34)n2)cc1. The highest BCUT2D eigenvalue weighted by atomic mass is 16.3. The highest BCUT2D eigenvalue weighted by molar-refractivity contribution is 6.23. The molecule has 0 bridgehead atoms. The maximum absolute atomic E-state index is 6.74. The van der Waals surface area contributed by atoms with E-state index in [2.05, 4.69) is 83.8 Å². The predicted octanol–water partition coefficient (Wildman–Crippen LogP) is 11.3. The Hall–Kier alpha value is -6.72. The van der Waals surface area contributed by atoms with Crippen LogP contribution >= 0.6 is 0 Å². The van der Waals surface area contributed by atoms with Crippen molar-refractivity contribution in [1.82, 2.24) is 19.9 Å². The van der Waals surface area contributed by atoms with Crippen molar-refractivity contribution in [3.05, 3.63) is 158 Å². The van der Waals surface area contributed by atoms with Crippen LogP contribution in [0.15, 0.2) is 162 Å². The number of aromatic nitrogens is 4. The molecular formula is C44H26N4O. The van der Waals surface area contributed by atoms with Crippen molar-refractivity contribution in [2.45, 2.75) is 0 Å². The lowest BCUT2D eigenvalue weighted by Crippen LogP contribution is -2.00. The molecule has 3 aromatic heterocycles. The third-order valence-corrected chi connectivity index (χ3v) is 9.42. The van der Waals surface area contributed by atoms with E-state index in [0.717, 1.165) is 49.6 Å². The van der Waals surface area contributed by atoms with Gasteiger partial charge >= 0.3 is 0 Å². The second-order valence-electron chi connectivity index (χ2n) is 12.2. The maximum atomic E-state index is 6.74. The van der Waals surface area contributed by atoms with Gasteiger partial charge in [0.15, 0.2) is 23.1 Å².